The highest BCUT2D eigenvalue weighted by Gasteiger charge is 2.20. The van der Waals surface area contributed by atoms with Gasteiger partial charge in [0.2, 0.25) is 0 Å². The number of hydrogen-bond donors (Lipinski definition) is 1. The Labute approximate surface area is 81.2 Å². The molecule has 0 atom stereocenters. The van der Waals surface area contributed by atoms with E-state index in [1.165, 1.54) is 24.2 Å². The maximum absolute atomic E-state index is 11.3. The Kier molecular flexibility index (Phi) is 2.59. The Hall–Kier alpha value is -0.900. The lowest BCUT2D eigenvalue weighted by Gasteiger charge is -2.00. The minimum Gasteiger partial charge on any atom is -0.351 e. The molecule has 0 aromatic carbocycles. The lowest BCUT2D eigenvalue weighted by molar-refractivity contribution is 0.0948. The van der Waals surface area contributed by atoms with Crippen LogP contribution in [0, 0.1) is 5.92 Å². The number of hydrogen-bond acceptors (Lipinski definition) is 3. The maximum atomic E-state index is 11.3. The second-order valence-electron chi connectivity index (χ2n) is 3.36. The summed E-state index contributed by atoms with van der Waals surface area (Å²) in [6.45, 7) is 0.793. The summed E-state index contributed by atoms with van der Waals surface area (Å²) in [4.78, 5) is 15.3. The van der Waals surface area contributed by atoms with Crippen molar-refractivity contribution in [2.24, 2.45) is 5.92 Å². The Morgan fingerprint density at radius 3 is 3.15 bits per heavy atom. The van der Waals surface area contributed by atoms with Crippen LogP contribution >= 0.6 is 11.3 Å². The summed E-state index contributed by atoms with van der Waals surface area (Å²) >= 11 is 1.45. The van der Waals surface area contributed by atoms with Crippen molar-refractivity contribution in [3.8, 4) is 0 Å². The third kappa shape index (κ3) is 2.52. The number of rotatable bonds is 4. The predicted molar refractivity (Wildman–Crippen MR) is 51.8 cm³/mol. The van der Waals surface area contributed by atoms with Crippen molar-refractivity contribution in [1.82, 2.24) is 10.3 Å². The van der Waals surface area contributed by atoms with Crippen LogP contribution in [0.1, 0.15) is 29.8 Å². The molecule has 0 bridgehead atoms. The fourth-order valence-electron chi connectivity index (χ4n) is 1.21. The summed E-state index contributed by atoms with van der Waals surface area (Å²) < 4.78 is 0. The second kappa shape index (κ2) is 3.87. The van der Waals surface area contributed by atoms with Crippen molar-refractivity contribution >= 4 is 17.2 Å². The summed E-state index contributed by atoms with van der Waals surface area (Å²) in [6, 6.07) is 0. The molecule has 1 aliphatic rings. The lowest BCUT2D eigenvalue weighted by Crippen LogP contribution is -2.24. The fourth-order valence-corrected chi connectivity index (χ4v) is 1.74. The van der Waals surface area contributed by atoms with Crippen LogP contribution in [0.5, 0.6) is 0 Å². The Morgan fingerprint density at radius 1 is 1.69 bits per heavy atom. The van der Waals surface area contributed by atoms with Gasteiger partial charge in [-0.25, -0.2) is 4.98 Å². The van der Waals surface area contributed by atoms with E-state index >= 15 is 0 Å². The zero-order valence-electron chi connectivity index (χ0n) is 7.32. The summed E-state index contributed by atoms with van der Waals surface area (Å²) in [7, 11) is 0. The molecule has 4 heteroatoms. The van der Waals surface area contributed by atoms with Crippen molar-refractivity contribution in [1.29, 1.82) is 0 Å². The highest BCUT2D eigenvalue weighted by molar-refractivity contribution is 7.07. The number of nitrogens with one attached hydrogen (secondary N) is 1. The SMILES string of the molecule is O=C(NCCC1CC1)c1cscn1. The first kappa shape index (κ1) is 8.69. The van der Waals surface area contributed by atoms with Gasteiger partial charge in [-0.2, -0.15) is 0 Å². The van der Waals surface area contributed by atoms with Gasteiger partial charge < -0.3 is 5.32 Å². The summed E-state index contributed by atoms with van der Waals surface area (Å²) in [6.07, 6.45) is 3.80. The molecule has 2 rings (SSSR count). The first-order valence-electron chi connectivity index (χ1n) is 4.52. The van der Waals surface area contributed by atoms with Gasteiger partial charge in [0.25, 0.3) is 5.91 Å². The van der Waals surface area contributed by atoms with Crippen molar-refractivity contribution < 1.29 is 4.79 Å². The maximum Gasteiger partial charge on any atom is 0.270 e. The first-order chi connectivity index (χ1) is 6.36. The van der Waals surface area contributed by atoms with Gasteiger partial charge in [0, 0.05) is 11.9 Å². The van der Waals surface area contributed by atoms with Gasteiger partial charge in [0.05, 0.1) is 5.51 Å². The van der Waals surface area contributed by atoms with Gasteiger partial charge in [-0.05, 0) is 12.3 Å². The molecular formula is C9H12N2OS. The monoisotopic (exact) mass is 196 g/mol. The minimum atomic E-state index is -0.0399. The fraction of sp³-hybridized carbons (Fsp3) is 0.556. The van der Waals surface area contributed by atoms with E-state index in [0.29, 0.717) is 5.69 Å². The van der Waals surface area contributed by atoms with Crippen LogP contribution < -0.4 is 5.32 Å². The van der Waals surface area contributed by atoms with Crippen LogP contribution in [0.15, 0.2) is 10.9 Å². The van der Waals surface area contributed by atoms with Crippen LogP contribution in [-0.4, -0.2) is 17.4 Å². The number of amides is 1. The van der Waals surface area contributed by atoms with E-state index < -0.39 is 0 Å². The number of nitrogens with zero attached hydrogens (tertiary/aromatic N) is 1. The van der Waals surface area contributed by atoms with E-state index in [9.17, 15) is 4.79 Å². The summed E-state index contributed by atoms with van der Waals surface area (Å²) in [5.74, 6) is 0.831. The number of carbonyl (C=O) groups excluding carboxylic acids is 1. The molecule has 1 N–H and O–H groups in total. The number of aromatic nitrogens is 1. The van der Waals surface area contributed by atoms with E-state index in [1.54, 1.807) is 10.9 Å². The van der Waals surface area contributed by atoms with Gasteiger partial charge >= 0.3 is 0 Å². The van der Waals surface area contributed by atoms with Crippen molar-refractivity contribution in [3.05, 3.63) is 16.6 Å². The Balaban J connectivity index is 1.71. The molecule has 1 aromatic rings. The molecule has 1 heterocycles. The molecule has 0 spiro atoms. The quantitative estimate of drug-likeness (QED) is 0.796. The highest BCUT2D eigenvalue weighted by Crippen LogP contribution is 2.31. The zero-order chi connectivity index (χ0) is 9.10. The molecule has 0 radical (unpaired) electrons. The van der Waals surface area contributed by atoms with E-state index in [4.69, 9.17) is 0 Å². The van der Waals surface area contributed by atoms with E-state index in [-0.39, 0.29) is 5.91 Å². The molecule has 13 heavy (non-hydrogen) atoms. The van der Waals surface area contributed by atoms with Gasteiger partial charge in [0.15, 0.2) is 0 Å². The average Bonchev–Trinajstić information content (AvgIpc) is 2.80. The third-order valence-corrected chi connectivity index (χ3v) is 2.79. The van der Waals surface area contributed by atoms with Crippen LogP contribution in [-0.2, 0) is 0 Å². The van der Waals surface area contributed by atoms with Gasteiger partial charge in [0.1, 0.15) is 5.69 Å². The molecule has 1 fully saturated rings. The van der Waals surface area contributed by atoms with Crippen molar-refractivity contribution in [2.45, 2.75) is 19.3 Å². The summed E-state index contributed by atoms with van der Waals surface area (Å²) in [5.41, 5.74) is 2.22. The summed E-state index contributed by atoms with van der Waals surface area (Å²) in [5, 5.41) is 4.63. The number of thiazole rings is 1. The largest absolute Gasteiger partial charge is 0.351 e. The van der Waals surface area contributed by atoms with Gasteiger partial charge in [-0.15, -0.1) is 11.3 Å². The minimum absolute atomic E-state index is 0.0399. The van der Waals surface area contributed by atoms with Gasteiger partial charge in [-0.3, -0.25) is 4.79 Å². The Bertz CT molecular complexity index is 280. The predicted octanol–water partition coefficient (Wildman–Crippen LogP) is 1.67. The first-order valence-corrected chi connectivity index (χ1v) is 5.47. The molecule has 0 unspecified atom stereocenters. The average molecular weight is 196 g/mol. The number of carbonyl (C=O) groups is 1. The molecule has 1 saturated carbocycles. The third-order valence-electron chi connectivity index (χ3n) is 2.20. The molecule has 0 aliphatic heterocycles. The molecule has 1 aliphatic carbocycles. The van der Waals surface area contributed by atoms with Crippen LogP contribution in [0.25, 0.3) is 0 Å². The van der Waals surface area contributed by atoms with Crippen molar-refractivity contribution in [2.75, 3.05) is 6.54 Å². The smallest absolute Gasteiger partial charge is 0.270 e. The van der Waals surface area contributed by atoms with Crippen LogP contribution in [0.2, 0.25) is 0 Å². The van der Waals surface area contributed by atoms with Gasteiger partial charge in [-0.1, -0.05) is 12.8 Å². The van der Waals surface area contributed by atoms with E-state index in [1.807, 2.05) is 0 Å². The molecule has 1 aromatic heterocycles. The van der Waals surface area contributed by atoms with E-state index in [0.717, 1.165) is 18.9 Å². The molecule has 1 amide bonds. The molecule has 70 valence electrons. The normalized spacial score (nSPS) is 15.7. The highest BCUT2D eigenvalue weighted by atomic mass is 32.1. The zero-order valence-corrected chi connectivity index (χ0v) is 8.14. The molecule has 0 saturated heterocycles. The van der Waals surface area contributed by atoms with Crippen LogP contribution in [0.4, 0.5) is 0 Å². The van der Waals surface area contributed by atoms with E-state index in [2.05, 4.69) is 10.3 Å². The Morgan fingerprint density at radius 2 is 2.54 bits per heavy atom. The molecular weight excluding hydrogens is 184 g/mol. The topological polar surface area (TPSA) is 42.0 Å². The molecule has 3 nitrogen and oxygen atoms in total. The van der Waals surface area contributed by atoms with Crippen molar-refractivity contribution in [3.63, 3.8) is 0 Å². The van der Waals surface area contributed by atoms with Crippen LogP contribution in [0.3, 0.4) is 0 Å². The lowest BCUT2D eigenvalue weighted by atomic mass is 10.3. The second-order valence-corrected chi connectivity index (χ2v) is 4.08. The standard InChI is InChI=1S/C9H12N2OS/c12-9(8-5-13-6-11-8)10-4-3-7-1-2-7/h5-7H,1-4H2,(H,10,12).